The van der Waals surface area contributed by atoms with Gasteiger partial charge in [-0.15, -0.1) is 5.10 Å². The molecule has 8 heteroatoms. The molecule has 2 aromatic rings. The van der Waals surface area contributed by atoms with Crippen molar-refractivity contribution in [2.45, 2.75) is 19.5 Å². The van der Waals surface area contributed by atoms with Crippen LogP contribution < -0.4 is 5.73 Å². The molecule has 20 heavy (non-hydrogen) atoms. The molecular weight excluding hydrogens is 273 g/mol. The Labute approximate surface area is 112 Å². The fraction of sp³-hybridized carbons (Fsp3) is 0.333. The van der Waals surface area contributed by atoms with Crippen molar-refractivity contribution in [3.8, 4) is 11.3 Å². The fourth-order valence-electron chi connectivity index (χ4n) is 1.87. The van der Waals surface area contributed by atoms with Crippen molar-refractivity contribution in [2.24, 2.45) is 5.73 Å². The molecule has 0 saturated carbocycles. The highest BCUT2D eigenvalue weighted by atomic mass is 19.2. The molecular formula is C12H13F3N4O. The number of rotatable bonds is 5. The molecule has 0 unspecified atom stereocenters. The molecule has 0 aliphatic heterocycles. The van der Waals surface area contributed by atoms with Crippen molar-refractivity contribution in [1.29, 1.82) is 0 Å². The number of hydrogen-bond donors (Lipinski definition) is 2. The maximum Gasteiger partial charge on any atom is 0.195 e. The zero-order valence-corrected chi connectivity index (χ0v) is 10.5. The Hall–Kier alpha value is -1.93. The Bertz CT molecular complexity index is 615. The second-order valence-electron chi connectivity index (χ2n) is 4.11. The predicted octanol–water partition coefficient (Wildman–Crippen LogP) is 1.20. The third kappa shape index (κ3) is 2.52. The van der Waals surface area contributed by atoms with Gasteiger partial charge in [0.15, 0.2) is 17.5 Å². The van der Waals surface area contributed by atoms with E-state index in [1.165, 1.54) is 4.68 Å². The van der Waals surface area contributed by atoms with Gasteiger partial charge in [-0.1, -0.05) is 5.21 Å². The van der Waals surface area contributed by atoms with Crippen LogP contribution in [0.25, 0.3) is 11.3 Å². The smallest absolute Gasteiger partial charge is 0.195 e. The van der Waals surface area contributed by atoms with Gasteiger partial charge >= 0.3 is 0 Å². The van der Waals surface area contributed by atoms with Crippen molar-refractivity contribution >= 4 is 0 Å². The quantitative estimate of drug-likeness (QED) is 0.810. The minimum absolute atomic E-state index is 0.0209. The molecule has 0 spiro atoms. The van der Waals surface area contributed by atoms with E-state index in [0.717, 1.165) is 12.1 Å². The molecule has 108 valence electrons. The van der Waals surface area contributed by atoms with Gasteiger partial charge in [-0.25, -0.2) is 17.9 Å². The van der Waals surface area contributed by atoms with Crippen molar-refractivity contribution in [1.82, 2.24) is 15.0 Å². The molecule has 0 saturated heterocycles. The minimum Gasteiger partial charge on any atom is -0.396 e. The lowest BCUT2D eigenvalue weighted by Gasteiger charge is -2.09. The standard InChI is InChI=1S/C12H13F3N4O/c13-8-3-2-7(10(14)11(8)15)12-9(6-16)17-18-19(12)4-1-5-20/h2-3,20H,1,4-6,16H2. The van der Waals surface area contributed by atoms with Crippen LogP contribution in [-0.4, -0.2) is 26.7 Å². The molecule has 1 heterocycles. The summed E-state index contributed by atoms with van der Waals surface area (Å²) in [6.45, 7) is 0.154. The second kappa shape index (κ2) is 6.02. The SMILES string of the molecule is NCc1nnn(CCCO)c1-c1ccc(F)c(F)c1F. The lowest BCUT2D eigenvalue weighted by atomic mass is 10.1. The summed E-state index contributed by atoms with van der Waals surface area (Å²) < 4.78 is 41.5. The van der Waals surface area contributed by atoms with Crippen LogP contribution in [0.5, 0.6) is 0 Å². The molecule has 0 amide bonds. The van der Waals surface area contributed by atoms with Crippen molar-refractivity contribution < 1.29 is 18.3 Å². The van der Waals surface area contributed by atoms with Crippen molar-refractivity contribution in [3.05, 3.63) is 35.3 Å². The molecule has 1 aromatic heterocycles. The highest BCUT2D eigenvalue weighted by Gasteiger charge is 2.21. The molecule has 0 fully saturated rings. The number of aliphatic hydroxyl groups excluding tert-OH is 1. The van der Waals surface area contributed by atoms with Crippen LogP contribution in [0, 0.1) is 17.5 Å². The molecule has 3 N–H and O–H groups in total. The zero-order valence-electron chi connectivity index (χ0n) is 10.5. The molecule has 0 atom stereocenters. The second-order valence-corrected chi connectivity index (χ2v) is 4.11. The summed E-state index contributed by atoms with van der Waals surface area (Å²) in [5, 5.41) is 16.4. The summed E-state index contributed by atoms with van der Waals surface area (Å²) in [6, 6.07) is 1.94. The Morgan fingerprint density at radius 2 is 1.95 bits per heavy atom. The molecule has 0 radical (unpaired) electrons. The Kier molecular flexibility index (Phi) is 4.35. The average Bonchev–Trinajstić information content (AvgIpc) is 2.85. The van der Waals surface area contributed by atoms with Crippen LogP contribution >= 0.6 is 0 Å². The van der Waals surface area contributed by atoms with E-state index in [-0.39, 0.29) is 36.6 Å². The van der Waals surface area contributed by atoms with Gasteiger partial charge in [-0.3, -0.25) is 0 Å². The number of nitrogens with zero attached hydrogens (tertiary/aromatic N) is 3. The van der Waals surface area contributed by atoms with Crippen LogP contribution in [0.15, 0.2) is 12.1 Å². The maximum absolute atomic E-state index is 13.9. The lowest BCUT2D eigenvalue weighted by Crippen LogP contribution is -2.08. The fourth-order valence-corrected chi connectivity index (χ4v) is 1.87. The Morgan fingerprint density at radius 3 is 2.60 bits per heavy atom. The van der Waals surface area contributed by atoms with E-state index in [1.54, 1.807) is 0 Å². The van der Waals surface area contributed by atoms with E-state index >= 15 is 0 Å². The van der Waals surface area contributed by atoms with Crippen LogP contribution in [-0.2, 0) is 13.1 Å². The van der Waals surface area contributed by atoms with Gasteiger partial charge in [-0.05, 0) is 18.6 Å². The summed E-state index contributed by atoms with van der Waals surface area (Å²) in [5.74, 6) is -4.14. The van der Waals surface area contributed by atoms with Gasteiger partial charge in [0.2, 0.25) is 0 Å². The molecule has 0 bridgehead atoms. The van der Waals surface area contributed by atoms with Crippen LogP contribution in [0.3, 0.4) is 0 Å². The van der Waals surface area contributed by atoms with Crippen molar-refractivity contribution in [3.63, 3.8) is 0 Å². The van der Waals surface area contributed by atoms with Gasteiger partial charge in [0, 0.05) is 25.3 Å². The van der Waals surface area contributed by atoms with Crippen LogP contribution in [0.2, 0.25) is 0 Å². The summed E-state index contributed by atoms with van der Waals surface area (Å²) in [5.41, 5.74) is 5.80. The van der Waals surface area contributed by atoms with Gasteiger partial charge in [0.1, 0.15) is 5.69 Å². The number of halogens is 3. The van der Waals surface area contributed by atoms with Gasteiger partial charge < -0.3 is 10.8 Å². The predicted molar refractivity (Wildman–Crippen MR) is 64.9 cm³/mol. The Balaban J connectivity index is 2.56. The third-order valence-electron chi connectivity index (χ3n) is 2.82. The largest absolute Gasteiger partial charge is 0.396 e. The number of benzene rings is 1. The number of hydrogen-bond acceptors (Lipinski definition) is 4. The van der Waals surface area contributed by atoms with E-state index in [4.69, 9.17) is 10.8 Å². The maximum atomic E-state index is 13.9. The van der Waals surface area contributed by atoms with Crippen LogP contribution in [0.4, 0.5) is 13.2 Å². The summed E-state index contributed by atoms with van der Waals surface area (Å²) in [7, 11) is 0. The average molecular weight is 286 g/mol. The summed E-state index contributed by atoms with van der Waals surface area (Å²) in [6.07, 6.45) is 0.367. The first-order chi connectivity index (χ1) is 9.60. The Morgan fingerprint density at radius 1 is 1.20 bits per heavy atom. The normalized spacial score (nSPS) is 11.1. The first-order valence-electron chi connectivity index (χ1n) is 5.97. The van der Waals surface area contributed by atoms with E-state index in [2.05, 4.69) is 10.3 Å². The van der Waals surface area contributed by atoms with E-state index in [1.807, 2.05) is 0 Å². The lowest BCUT2D eigenvalue weighted by molar-refractivity contribution is 0.276. The number of nitrogens with two attached hydrogens (primary N) is 1. The van der Waals surface area contributed by atoms with E-state index in [0.29, 0.717) is 6.42 Å². The van der Waals surface area contributed by atoms with Crippen LogP contribution in [0.1, 0.15) is 12.1 Å². The zero-order chi connectivity index (χ0) is 14.7. The highest BCUT2D eigenvalue weighted by molar-refractivity contribution is 5.62. The number of aryl methyl sites for hydroxylation is 1. The minimum atomic E-state index is -1.56. The molecule has 5 nitrogen and oxygen atoms in total. The highest BCUT2D eigenvalue weighted by Crippen LogP contribution is 2.27. The number of aromatic nitrogens is 3. The first-order valence-corrected chi connectivity index (χ1v) is 5.97. The van der Waals surface area contributed by atoms with E-state index < -0.39 is 17.5 Å². The third-order valence-corrected chi connectivity index (χ3v) is 2.82. The summed E-state index contributed by atoms with van der Waals surface area (Å²) in [4.78, 5) is 0. The molecule has 2 rings (SSSR count). The summed E-state index contributed by atoms with van der Waals surface area (Å²) >= 11 is 0. The van der Waals surface area contributed by atoms with E-state index in [9.17, 15) is 13.2 Å². The molecule has 0 aliphatic carbocycles. The van der Waals surface area contributed by atoms with Gasteiger partial charge in [0.25, 0.3) is 0 Å². The monoisotopic (exact) mass is 286 g/mol. The van der Waals surface area contributed by atoms with Gasteiger partial charge in [-0.2, -0.15) is 0 Å². The van der Waals surface area contributed by atoms with Crippen molar-refractivity contribution in [2.75, 3.05) is 6.61 Å². The molecule has 1 aromatic carbocycles. The number of aliphatic hydroxyl groups is 1. The van der Waals surface area contributed by atoms with Gasteiger partial charge in [0.05, 0.1) is 5.69 Å². The topological polar surface area (TPSA) is 77.0 Å². The molecule has 0 aliphatic rings. The first kappa shape index (κ1) is 14.5.